The SMILES string of the molecule is NC(=O)CSc1ccccc1NC(=O)CN1CCC(C(=O)NCCc2cccs2)CC1. The van der Waals surface area contributed by atoms with Crippen LogP contribution in [-0.4, -0.2) is 54.6 Å². The first-order valence-electron chi connectivity index (χ1n) is 10.3. The lowest BCUT2D eigenvalue weighted by molar-refractivity contribution is -0.126. The molecule has 0 aliphatic carbocycles. The number of carbonyl (C=O) groups excluding carboxylic acids is 3. The number of hydrogen-bond donors (Lipinski definition) is 3. The maximum Gasteiger partial charge on any atom is 0.238 e. The Balaban J connectivity index is 1.39. The van der Waals surface area contributed by atoms with Gasteiger partial charge in [0.25, 0.3) is 0 Å². The van der Waals surface area contributed by atoms with E-state index < -0.39 is 5.91 Å². The Labute approximate surface area is 190 Å². The van der Waals surface area contributed by atoms with Gasteiger partial charge < -0.3 is 16.4 Å². The number of primary amides is 1. The van der Waals surface area contributed by atoms with Crippen LogP contribution >= 0.6 is 23.1 Å². The molecule has 1 aliphatic rings. The van der Waals surface area contributed by atoms with E-state index in [4.69, 9.17) is 5.73 Å². The normalized spacial score (nSPS) is 14.8. The highest BCUT2D eigenvalue weighted by Gasteiger charge is 2.25. The van der Waals surface area contributed by atoms with Crippen LogP contribution in [-0.2, 0) is 20.8 Å². The zero-order valence-electron chi connectivity index (χ0n) is 17.3. The first kappa shape index (κ1) is 23.3. The molecule has 2 heterocycles. The van der Waals surface area contributed by atoms with Crippen LogP contribution in [0.4, 0.5) is 5.69 Å². The van der Waals surface area contributed by atoms with Crippen LogP contribution in [0.1, 0.15) is 17.7 Å². The summed E-state index contributed by atoms with van der Waals surface area (Å²) < 4.78 is 0. The third kappa shape index (κ3) is 7.68. The van der Waals surface area contributed by atoms with Crippen molar-refractivity contribution in [2.24, 2.45) is 11.7 Å². The number of nitrogens with two attached hydrogens (primary N) is 1. The van der Waals surface area contributed by atoms with E-state index in [0.29, 0.717) is 25.3 Å². The summed E-state index contributed by atoms with van der Waals surface area (Å²) in [7, 11) is 0. The van der Waals surface area contributed by atoms with E-state index in [1.165, 1.54) is 16.6 Å². The summed E-state index contributed by atoms with van der Waals surface area (Å²) in [4.78, 5) is 40.1. The van der Waals surface area contributed by atoms with Gasteiger partial charge in [-0.3, -0.25) is 19.3 Å². The molecule has 3 rings (SSSR count). The van der Waals surface area contributed by atoms with Crippen LogP contribution in [0, 0.1) is 5.92 Å². The summed E-state index contributed by atoms with van der Waals surface area (Å²) in [5, 5.41) is 8.01. The van der Waals surface area contributed by atoms with Crippen LogP contribution in [0.5, 0.6) is 0 Å². The average molecular weight is 461 g/mol. The van der Waals surface area contributed by atoms with Crippen molar-refractivity contribution in [1.29, 1.82) is 0 Å². The van der Waals surface area contributed by atoms with Gasteiger partial charge in [0.1, 0.15) is 0 Å². The van der Waals surface area contributed by atoms with E-state index in [-0.39, 0.29) is 30.0 Å². The van der Waals surface area contributed by atoms with Crippen molar-refractivity contribution in [2.75, 3.05) is 37.2 Å². The van der Waals surface area contributed by atoms with Crippen molar-refractivity contribution in [2.45, 2.75) is 24.2 Å². The van der Waals surface area contributed by atoms with E-state index in [2.05, 4.69) is 21.6 Å². The van der Waals surface area contributed by atoms with Gasteiger partial charge in [0.05, 0.1) is 18.0 Å². The molecule has 1 fully saturated rings. The van der Waals surface area contributed by atoms with Crippen LogP contribution < -0.4 is 16.4 Å². The maximum atomic E-state index is 12.5. The third-order valence-corrected chi connectivity index (χ3v) is 7.14. The Bertz CT molecular complexity index is 881. The standard InChI is InChI=1S/C22H28N4O3S2/c23-20(27)15-31-19-6-2-1-5-18(19)25-21(28)14-26-11-8-16(9-12-26)22(29)24-10-7-17-4-3-13-30-17/h1-6,13,16H,7-12,14-15H2,(H2,23,27)(H,24,29)(H,25,28). The summed E-state index contributed by atoms with van der Waals surface area (Å²) in [6.07, 6.45) is 2.37. The highest BCUT2D eigenvalue weighted by molar-refractivity contribution is 8.00. The van der Waals surface area contributed by atoms with Gasteiger partial charge in [-0.2, -0.15) is 0 Å². The second-order valence-electron chi connectivity index (χ2n) is 7.47. The van der Waals surface area contributed by atoms with E-state index >= 15 is 0 Å². The smallest absolute Gasteiger partial charge is 0.238 e. The van der Waals surface area contributed by atoms with Crippen molar-refractivity contribution in [3.05, 3.63) is 46.7 Å². The molecular weight excluding hydrogens is 432 g/mol. The summed E-state index contributed by atoms with van der Waals surface area (Å²) in [5.41, 5.74) is 5.89. The highest BCUT2D eigenvalue weighted by Crippen LogP contribution is 2.27. The molecule has 1 aromatic heterocycles. The van der Waals surface area contributed by atoms with Crippen LogP contribution in [0.3, 0.4) is 0 Å². The fourth-order valence-electron chi connectivity index (χ4n) is 3.50. The van der Waals surface area contributed by atoms with Crippen LogP contribution in [0.15, 0.2) is 46.7 Å². The first-order valence-corrected chi connectivity index (χ1v) is 12.2. The molecule has 2 aromatic rings. The van der Waals surface area contributed by atoms with E-state index in [0.717, 1.165) is 24.2 Å². The predicted octanol–water partition coefficient (Wildman–Crippen LogP) is 2.33. The Morgan fingerprint density at radius 1 is 1.13 bits per heavy atom. The molecule has 0 atom stereocenters. The van der Waals surface area contributed by atoms with Crippen molar-refractivity contribution in [3.63, 3.8) is 0 Å². The minimum atomic E-state index is -0.399. The largest absolute Gasteiger partial charge is 0.369 e. The number of amides is 3. The Hall–Kier alpha value is -2.36. The fourth-order valence-corrected chi connectivity index (χ4v) is 4.95. The number of hydrogen-bond acceptors (Lipinski definition) is 6. The van der Waals surface area contributed by atoms with E-state index in [9.17, 15) is 14.4 Å². The molecule has 1 saturated heterocycles. The molecule has 0 bridgehead atoms. The number of piperidine rings is 1. The van der Waals surface area contributed by atoms with E-state index in [1.807, 2.05) is 35.7 Å². The van der Waals surface area contributed by atoms with Gasteiger partial charge in [-0.1, -0.05) is 18.2 Å². The first-order chi connectivity index (χ1) is 15.0. The van der Waals surface area contributed by atoms with Gasteiger partial charge in [-0.05, 0) is 55.9 Å². The van der Waals surface area contributed by atoms with Crippen LogP contribution in [0.25, 0.3) is 0 Å². The van der Waals surface area contributed by atoms with Crippen molar-refractivity contribution in [3.8, 4) is 0 Å². The molecule has 9 heteroatoms. The van der Waals surface area contributed by atoms with Crippen molar-refractivity contribution in [1.82, 2.24) is 10.2 Å². The lowest BCUT2D eigenvalue weighted by Gasteiger charge is -2.30. The van der Waals surface area contributed by atoms with Crippen LogP contribution in [0.2, 0.25) is 0 Å². The van der Waals surface area contributed by atoms with Gasteiger partial charge in [0, 0.05) is 22.2 Å². The van der Waals surface area contributed by atoms with Gasteiger partial charge in [0.2, 0.25) is 17.7 Å². The number of carbonyl (C=O) groups is 3. The molecule has 0 radical (unpaired) electrons. The van der Waals surface area contributed by atoms with Crippen molar-refractivity contribution >= 4 is 46.5 Å². The monoisotopic (exact) mass is 460 g/mol. The maximum absolute atomic E-state index is 12.5. The minimum absolute atomic E-state index is 0.00794. The Morgan fingerprint density at radius 3 is 2.61 bits per heavy atom. The third-order valence-electron chi connectivity index (χ3n) is 5.11. The summed E-state index contributed by atoms with van der Waals surface area (Å²) >= 11 is 3.01. The molecule has 0 spiro atoms. The minimum Gasteiger partial charge on any atom is -0.369 e. The zero-order chi connectivity index (χ0) is 22.1. The fraction of sp³-hybridized carbons (Fsp3) is 0.409. The number of nitrogens with one attached hydrogen (secondary N) is 2. The molecule has 1 aliphatic heterocycles. The molecule has 4 N–H and O–H groups in total. The van der Waals surface area contributed by atoms with Gasteiger partial charge in [0.15, 0.2) is 0 Å². The zero-order valence-corrected chi connectivity index (χ0v) is 19.0. The molecule has 3 amide bonds. The molecule has 1 aromatic carbocycles. The average Bonchev–Trinajstić information content (AvgIpc) is 3.27. The predicted molar refractivity (Wildman–Crippen MR) is 125 cm³/mol. The van der Waals surface area contributed by atoms with Gasteiger partial charge >= 0.3 is 0 Å². The topological polar surface area (TPSA) is 105 Å². The molecular formula is C22H28N4O3S2. The highest BCUT2D eigenvalue weighted by atomic mass is 32.2. The Kier molecular flexibility index (Phi) is 8.93. The number of anilines is 1. The number of rotatable bonds is 10. The summed E-state index contributed by atoms with van der Waals surface area (Å²) in [6, 6.07) is 11.5. The number of thiophene rings is 1. The number of para-hydroxylation sites is 1. The molecule has 7 nitrogen and oxygen atoms in total. The number of nitrogens with zero attached hydrogens (tertiary/aromatic N) is 1. The quantitative estimate of drug-likeness (QED) is 0.472. The number of thioether (sulfide) groups is 1. The Morgan fingerprint density at radius 2 is 1.90 bits per heavy atom. The lowest BCUT2D eigenvalue weighted by Crippen LogP contribution is -2.43. The lowest BCUT2D eigenvalue weighted by atomic mass is 9.96. The molecule has 31 heavy (non-hydrogen) atoms. The number of benzene rings is 1. The number of likely N-dealkylation sites (tertiary alicyclic amines) is 1. The second-order valence-corrected chi connectivity index (χ2v) is 9.52. The molecule has 166 valence electrons. The molecule has 0 saturated carbocycles. The summed E-state index contributed by atoms with van der Waals surface area (Å²) in [6.45, 7) is 2.37. The second kappa shape index (κ2) is 11.9. The summed E-state index contributed by atoms with van der Waals surface area (Å²) in [5.74, 6) is -0.222. The van der Waals surface area contributed by atoms with E-state index in [1.54, 1.807) is 11.3 Å². The molecule has 0 unspecified atom stereocenters. The van der Waals surface area contributed by atoms with Crippen molar-refractivity contribution < 1.29 is 14.4 Å². The van der Waals surface area contributed by atoms with Gasteiger partial charge in [-0.25, -0.2) is 0 Å². The van der Waals surface area contributed by atoms with Gasteiger partial charge in [-0.15, -0.1) is 23.1 Å².